The lowest BCUT2D eigenvalue weighted by atomic mass is 10.3. The summed E-state index contributed by atoms with van der Waals surface area (Å²) in [6.45, 7) is 5.72. The molecule has 7 nitrogen and oxygen atoms in total. The van der Waals surface area contributed by atoms with E-state index >= 15 is 0 Å². The molecule has 9 heteroatoms. The van der Waals surface area contributed by atoms with Gasteiger partial charge in [-0.2, -0.15) is 15.0 Å². The molecule has 0 aliphatic carbocycles. The third kappa shape index (κ3) is 3.29. The smallest absolute Gasteiger partial charge is 0.298 e. The van der Waals surface area contributed by atoms with Crippen LogP contribution in [0.25, 0.3) is 5.78 Å². The van der Waals surface area contributed by atoms with Gasteiger partial charge in [0.15, 0.2) is 0 Å². The first kappa shape index (κ1) is 16.5. The van der Waals surface area contributed by atoms with Gasteiger partial charge in [0.2, 0.25) is 10.6 Å². The van der Waals surface area contributed by atoms with Gasteiger partial charge in [0.05, 0.1) is 0 Å². The minimum Gasteiger partial charge on any atom is -0.357 e. The number of carbonyl (C=O) groups is 1. The molecule has 24 heavy (non-hydrogen) atoms. The molecule has 0 N–H and O–H groups in total. The standard InChI is InChI=1S/C15H15ClN6OS/c1-3-21(4-2)12-9-11(16)22-14(18-12)20-15(24-22)19-13(23)10-7-5-6-8-17-10/h5-9H,3-4H2,1-2H3. The number of aromatic nitrogens is 4. The largest absolute Gasteiger partial charge is 0.357 e. The highest BCUT2D eigenvalue weighted by atomic mass is 35.5. The minimum absolute atomic E-state index is 0.268. The highest BCUT2D eigenvalue weighted by molar-refractivity contribution is 7.04. The van der Waals surface area contributed by atoms with E-state index in [9.17, 15) is 4.79 Å². The zero-order chi connectivity index (χ0) is 17.1. The molecule has 0 bridgehead atoms. The molecule has 3 heterocycles. The summed E-state index contributed by atoms with van der Waals surface area (Å²) in [4.78, 5) is 31.2. The first-order valence-corrected chi connectivity index (χ1v) is 8.59. The van der Waals surface area contributed by atoms with Crippen LogP contribution in [0.4, 0.5) is 5.82 Å². The van der Waals surface area contributed by atoms with Crippen molar-refractivity contribution >= 4 is 40.6 Å². The molecule has 0 atom stereocenters. The van der Waals surface area contributed by atoms with Crippen LogP contribution in [0.15, 0.2) is 35.5 Å². The van der Waals surface area contributed by atoms with Crippen LogP contribution in [0, 0.1) is 0 Å². The number of carbonyl (C=O) groups excluding carboxylic acids is 1. The Labute approximate surface area is 147 Å². The lowest BCUT2D eigenvalue weighted by Gasteiger charge is -2.19. The Hall–Kier alpha value is -2.32. The molecular formula is C15H15ClN6OS. The predicted octanol–water partition coefficient (Wildman–Crippen LogP) is 2.43. The van der Waals surface area contributed by atoms with E-state index in [1.54, 1.807) is 34.3 Å². The molecule has 1 amide bonds. The van der Waals surface area contributed by atoms with Gasteiger partial charge in [0, 0.05) is 25.4 Å². The number of halogens is 1. The van der Waals surface area contributed by atoms with Crippen molar-refractivity contribution < 1.29 is 4.79 Å². The molecule has 0 saturated heterocycles. The topological polar surface area (TPSA) is 75.8 Å². The summed E-state index contributed by atoms with van der Waals surface area (Å²) in [7, 11) is 0. The predicted molar refractivity (Wildman–Crippen MR) is 93.6 cm³/mol. The van der Waals surface area contributed by atoms with Crippen molar-refractivity contribution in [3.05, 3.63) is 46.1 Å². The van der Waals surface area contributed by atoms with Gasteiger partial charge < -0.3 is 4.90 Å². The molecule has 0 unspecified atom stereocenters. The molecular weight excluding hydrogens is 348 g/mol. The summed E-state index contributed by atoms with van der Waals surface area (Å²) in [6, 6.07) is 6.86. The number of hydrogen-bond acceptors (Lipinski definition) is 6. The highest BCUT2D eigenvalue weighted by Gasteiger charge is 2.12. The first-order valence-electron chi connectivity index (χ1n) is 7.44. The summed E-state index contributed by atoms with van der Waals surface area (Å²) >= 11 is 7.47. The fourth-order valence-electron chi connectivity index (χ4n) is 2.17. The van der Waals surface area contributed by atoms with E-state index in [1.165, 1.54) is 0 Å². The van der Waals surface area contributed by atoms with Crippen LogP contribution in [0.5, 0.6) is 0 Å². The van der Waals surface area contributed by atoms with Gasteiger partial charge in [0.25, 0.3) is 5.91 Å². The molecule has 0 aliphatic rings. The third-order valence-corrected chi connectivity index (χ3v) is 4.64. The average molecular weight is 363 g/mol. The molecule has 0 aromatic carbocycles. The van der Waals surface area contributed by atoms with Crippen molar-refractivity contribution in [1.29, 1.82) is 0 Å². The van der Waals surface area contributed by atoms with E-state index in [0.29, 0.717) is 10.9 Å². The summed E-state index contributed by atoms with van der Waals surface area (Å²) < 4.78 is 1.64. The van der Waals surface area contributed by atoms with Crippen LogP contribution in [0.1, 0.15) is 24.3 Å². The fourth-order valence-corrected chi connectivity index (χ4v) is 3.16. The van der Waals surface area contributed by atoms with E-state index in [1.807, 2.05) is 13.8 Å². The number of pyridine rings is 1. The minimum atomic E-state index is -0.449. The number of amides is 1. The normalized spacial score (nSPS) is 11.9. The number of anilines is 1. The van der Waals surface area contributed by atoms with Gasteiger partial charge in [-0.05, 0) is 37.5 Å². The Morgan fingerprint density at radius 1 is 1.33 bits per heavy atom. The van der Waals surface area contributed by atoms with Gasteiger partial charge in [-0.25, -0.2) is 3.79 Å². The molecule has 0 spiro atoms. The second-order valence-electron chi connectivity index (χ2n) is 4.82. The van der Waals surface area contributed by atoms with E-state index in [-0.39, 0.29) is 10.5 Å². The van der Waals surface area contributed by atoms with E-state index < -0.39 is 5.91 Å². The maximum atomic E-state index is 12.1. The van der Waals surface area contributed by atoms with Gasteiger partial charge in [-0.15, -0.1) is 0 Å². The third-order valence-electron chi connectivity index (χ3n) is 3.38. The van der Waals surface area contributed by atoms with Gasteiger partial charge >= 0.3 is 0 Å². The number of hydrogen-bond donors (Lipinski definition) is 0. The molecule has 0 radical (unpaired) electrons. The zero-order valence-corrected chi connectivity index (χ0v) is 14.8. The average Bonchev–Trinajstić information content (AvgIpc) is 3.00. The van der Waals surface area contributed by atoms with Gasteiger partial charge in [-0.1, -0.05) is 17.7 Å². The van der Waals surface area contributed by atoms with Crippen molar-refractivity contribution in [2.75, 3.05) is 18.0 Å². The van der Waals surface area contributed by atoms with Crippen LogP contribution >= 0.6 is 23.1 Å². The lowest BCUT2D eigenvalue weighted by molar-refractivity contribution is 0.0994. The second-order valence-corrected chi connectivity index (χ2v) is 6.12. The van der Waals surface area contributed by atoms with Crippen molar-refractivity contribution in [3.63, 3.8) is 0 Å². The summed E-state index contributed by atoms with van der Waals surface area (Å²) in [5.41, 5.74) is 0.268. The molecule has 0 aliphatic heterocycles. The number of fused-ring (bicyclic) bond motifs is 1. The summed E-state index contributed by atoms with van der Waals surface area (Å²) in [6.07, 6.45) is 1.55. The Bertz CT molecular complexity index is 932. The maximum Gasteiger partial charge on any atom is 0.298 e. The van der Waals surface area contributed by atoms with Crippen molar-refractivity contribution in [2.24, 2.45) is 4.99 Å². The first-order chi connectivity index (χ1) is 11.6. The fraction of sp³-hybridized carbons (Fsp3) is 0.267. The number of nitrogens with zero attached hydrogens (tertiary/aromatic N) is 6. The van der Waals surface area contributed by atoms with Crippen LogP contribution in [0.3, 0.4) is 0 Å². The Morgan fingerprint density at radius 3 is 2.79 bits per heavy atom. The molecule has 3 aromatic heterocycles. The van der Waals surface area contributed by atoms with Gasteiger partial charge in [-0.3, -0.25) is 9.78 Å². The molecule has 0 saturated carbocycles. The monoisotopic (exact) mass is 362 g/mol. The van der Waals surface area contributed by atoms with Crippen molar-refractivity contribution in [2.45, 2.75) is 13.8 Å². The Morgan fingerprint density at radius 2 is 2.12 bits per heavy atom. The SMILES string of the molecule is CCN(CC)c1cc(Cl)n2sc(=NC(=O)c3ccccn3)nc2n1. The molecule has 0 fully saturated rings. The molecule has 3 aromatic rings. The Kier molecular flexibility index (Phi) is 4.86. The summed E-state index contributed by atoms with van der Waals surface area (Å²) in [5.74, 6) is 0.718. The van der Waals surface area contributed by atoms with E-state index in [2.05, 4.69) is 24.8 Å². The summed E-state index contributed by atoms with van der Waals surface area (Å²) in [5, 5.41) is 0.478. The lowest BCUT2D eigenvalue weighted by Crippen LogP contribution is -2.23. The zero-order valence-electron chi connectivity index (χ0n) is 13.2. The molecule has 124 valence electrons. The maximum absolute atomic E-state index is 12.1. The number of rotatable bonds is 4. The second kappa shape index (κ2) is 7.06. The van der Waals surface area contributed by atoms with E-state index in [4.69, 9.17) is 11.6 Å². The highest BCUT2D eigenvalue weighted by Crippen LogP contribution is 2.19. The van der Waals surface area contributed by atoms with Crippen LogP contribution in [-0.2, 0) is 0 Å². The van der Waals surface area contributed by atoms with Crippen LogP contribution in [0.2, 0.25) is 5.15 Å². The Balaban J connectivity index is 2.04. The van der Waals surface area contributed by atoms with E-state index in [0.717, 1.165) is 30.4 Å². The van der Waals surface area contributed by atoms with Crippen molar-refractivity contribution in [3.8, 4) is 0 Å². The van der Waals surface area contributed by atoms with Crippen molar-refractivity contribution in [1.82, 2.24) is 18.7 Å². The molecule has 3 rings (SSSR count). The van der Waals surface area contributed by atoms with Crippen LogP contribution < -0.4 is 9.70 Å². The quantitative estimate of drug-likeness (QED) is 0.666. The van der Waals surface area contributed by atoms with Crippen LogP contribution in [-0.4, -0.2) is 37.7 Å². The van der Waals surface area contributed by atoms with Gasteiger partial charge in [0.1, 0.15) is 16.7 Å².